The molecule has 33 heavy (non-hydrogen) atoms. The minimum absolute atomic E-state index is 0.431. The third-order valence-electron chi connectivity index (χ3n) is 5.96. The Morgan fingerprint density at radius 1 is 1.03 bits per heavy atom. The fraction of sp³-hybridized carbons (Fsp3) is 0.107. The summed E-state index contributed by atoms with van der Waals surface area (Å²) in [6, 6.07) is 24.5. The normalized spacial score (nSPS) is 14.3. The van der Waals surface area contributed by atoms with E-state index in [9.17, 15) is 10.1 Å². The molecule has 1 aliphatic carbocycles. The number of nitrogens with one attached hydrogen (secondary N) is 1. The summed E-state index contributed by atoms with van der Waals surface area (Å²) in [5, 5.41) is 26.9. The molecule has 5 heteroatoms. The van der Waals surface area contributed by atoms with E-state index < -0.39 is 5.97 Å². The first-order valence-corrected chi connectivity index (χ1v) is 10.8. The van der Waals surface area contributed by atoms with Crippen molar-refractivity contribution < 1.29 is 9.90 Å². The predicted molar refractivity (Wildman–Crippen MR) is 129 cm³/mol. The van der Waals surface area contributed by atoms with Crippen LogP contribution in [0.1, 0.15) is 40.7 Å². The van der Waals surface area contributed by atoms with Crippen LogP contribution in [0.5, 0.6) is 0 Å². The first kappa shape index (κ1) is 20.5. The maximum atomic E-state index is 10.9. The van der Waals surface area contributed by atoms with Gasteiger partial charge >= 0.3 is 5.97 Å². The highest BCUT2D eigenvalue weighted by Gasteiger charge is 2.31. The molecule has 160 valence electrons. The van der Waals surface area contributed by atoms with E-state index in [2.05, 4.69) is 28.4 Å². The molecule has 0 saturated heterocycles. The fourth-order valence-electron chi connectivity index (χ4n) is 4.30. The van der Waals surface area contributed by atoms with E-state index in [4.69, 9.17) is 5.11 Å². The van der Waals surface area contributed by atoms with Gasteiger partial charge in [-0.2, -0.15) is 10.4 Å². The second kappa shape index (κ2) is 8.60. The van der Waals surface area contributed by atoms with Crippen molar-refractivity contribution in [3.8, 4) is 6.07 Å². The molecule has 2 N–H and O–H groups in total. The average molecular weight is 431 g/mol. The second-order valence-corrected chi connectivity index (χ2v) is 8.15. The predicted octanol–water partition coefficient (Wildman–Crippen LogP) is 5.90. The van der Waals surface area contributed by atoms with Crippen LogP contribution >= 0.6 is 0 Å². The summed E-state index contributed by atoms with van der Waals surface area (Å²) < 4.78 is 0. The number of benzene rings is 3. The highest BCUT2D eigenvalue weighted by molar-refractivity contribution is 6.04. The zero-order valence-corrected chi connectivity index (χ0v) is 17.8. The van der Waals surface area contributed by atoms with Gasteiger partial charge in [0.25, 0.3) is 0 Å². The molecule has 0 amide bonds. The van der Waals surface area contributed by atoms with Crippen LogP contribution in [0.2, 0.25) is 0 Å². The van der Waals surface area contributed by atoms with E-state index in [0.717, 1.165) is 57.6 Å². The maximum absolute atomic E-state index is 10.9. The van der Waals surface area contributed by atoms with Crippen molar-refractivity contribution in [1.82, 2.24) is 10.2 Å². The number of nitriles is 1. The van der Waals surface area contributed by atoms with Crippen LogP contribution in [0.3, 0.4) is 0 Å². The Balaban J connectivity index is 1.77. The van der Waals surface area contributed by atoms with E-state index in [1.54, 1.807) is 12.3 Å². The lowest BCUT2D eigenvalue weighted by Gasteiger charge is -2.18. The number of carbonyl (C=O) groups is 1. The Morgan fingerprint density at radius 2 is 1.79 bits per heavy atom. The molecule has 5 rings (SSSR count). The number of hydrogen-bond acceptors (Lipinski definition) is 3. The van der Waals surface area contributed by atoms with Crippen molar-refractivity contribution in [3.63, 3.8) is 0 Å². The maximum Gasteiger partial charge on any atom is 0.328 e. The van der Waals surface area contributed by atoms with Crippen molar-refractivity contribution in [3.05, 3.63) is 107 Å². The Hall–Kier alpha value is -4.43. The summed E-state index contributed by atoms with van der Waals surface area (Å²) in [5.41, 5.74) is 7.54. The van der Waals surface area contributed by atoms with E-state index >= 15 is 0 Å². The topological polar surface area (TPSA) is 89.8 Å². The van der Waals surface area contributed by atoms with E-state index in [1.807, 2.05) is 54.6 Å². The van der Waals surface area contributed by atoms with Gasteiger partial charge in [-0.25, -0.2) is 4.79 Å². The van der Waals surface area contributed by atoms with E-state index in [1.165, 1.54) is 5.57 Å². The standard InChI is InChI=1S/C28H21N3O2/c29-16-23-22(13-14-25-24(23)17-30-31-25)28(21-9-6-18(7-10-21)8-15-26(32)33)27(20-11-12-20)19-4-2-1-3-5-19/h1-10,13-15,17,20H,11-12H2,(H,30,31)(H,32,33)/b15-8+,28-27-. The largest absolute Gasteiger partial charge is 0.478 e. The van der Waals surface area contributed by atoms with Gasteiger partial charge in [-0.05, 0) is 58.7 Å². The summed E-state index contributed by atoms with van der Waals surface area (Å²) in [6.07, 6.45) is 6.64. The van der Waals surface area contributed by atoms with Gasteiger partial charge in [0.1, 0.15) is 6.07 Å². The molecule has 0 radical (unpaired) electrons. The quantitative estimate of drug-likeness (QED) is 0.294. The van der Waals surface area contributed by atoms with Crippen LogP contribution in [0, 0.1) is 17.2 Å². The molecule has 1 saturated carbocycles. The van der Waals surface area contributed by atoms with Gasteiger partial charge in [-0.15, -0.1) is 0 Å². The van der Waals surface area contributed by atoms with E-state index in [-0.39, 0.29) is 0 Å². The van der Waals surface area contributed by atoms with E-state index in [0.29, 0.717) is 11.5 Å². The molecule has 0 unspecified atom stereocenters. The van der Waals surface area contributed by atoms with Gasteiger partial charge in [0.05, 0.1) is 17.3 Å². The number of rotatable bonds is 6. The molecule has 4 aromatic rings. The molecule has 0 atom stereocenters. The van der Waals surface area contributed by atoms with Crippen molar-refractivity contribution in [2.75, 3.05) is 0 Å². The second-order valence-electron chi connectivity index (χ2n) is 8.15. The van der Waals surface area contributed by atoms with Crippen LogP contribution in [-0.2, 0) is 4.79 Å². The lowest BCUT2D eigenvalue weighted by Crippen LogP contribution is -2.00. The van der Waals surface area contributed by atoms with Crippen LogP contribution in [0.15, 0.2) is 79.0 Å². The summed E-state index contributed by atoms with van der Waals surface area (Å²) in [4.78, 5) is 10.9. The number of allylic oxidation sites excluding steroid dienone is 1. The number of aromatic nitrogens is 2. The zero-order chi connectivity index (χ0) is 22.8. The molecule has 1 heterocycles. The third-order valence-corrected chi connectivity index (χ3v) is 5.96. The summed E-state index contributed by atoms with van der Waals surface area (Å²) in [5.74, 6) is -0.549. The number of hydrogen-bond donors (Lipinski definition) is 2. The Morgan fingerprint density at radius 3 is 2.45 bits per heavy atom. The van der Waals surface area contributed by atoms with Gasteiger partial charge in [0.2, 0.25) is 0 Å². The van der Waals surface area contributed by atoms with Crippen molar-refractivity contribution in [2.24, 2.45) is 5.92 Å². The van der Waals surface area contributed by atoms with Gasteiger partial charge < -0.3 is 5.11 Å². The fourth-order valence-corrected chi connectivity index (χ4v) is 4.30. The highest BCUT2D eigenvalue weighted by Crippen LogP contribution is 2.48. The zero-order valence-electron chi connectivity index (χ0n) is 17.8. The lowest BCUT2D eigenvalue weighted by molar-refractivity contribution is -0.131. The Labute approximate surface area is 191 Å². The van der Waals surface area contributed by atoms with Gasteiger partial charge in [-0.1, -0.05) is 60.7 Å². The summed E-state index contributed by atoms with van der Waals surface area (Å²) in [6.45, 7) is 0. The molecule has 1 fully saturated rings. The summed E-state index contributed by atoms with van der Waals surface area (Å²) >= 11 is 0. The van der Waals surface area contributed by atoms with Crippen molar-refractivity contribution in [2.45, 2.75) is 12.8 Å². The molecule has 1 aromatic heterocycles. The van der Waals surface area contributed by atoms with Crippen molar-refractivity contribution in [1.29, 1.82) is 5.26 Å². The monoisotopic (exact) mass is 431 g/mol. The summed E-state index contributed by atoms with van der Waals surface area (Å²) in [7, 11) is 0. The molecule has 0 bridgehead atoms. The number of nitrogens with zero attached hydrogens (tertiary/aromatic N) is 2. The third kappa shape index (κ3) is 4.07. The Bertz CT molecular complexity index is 1430. The van der Waals surface area contributed by atoms with Crippen LogP contribution in [0.4, 0.5) is 0 Å². The number of carboxylic acids is 1. The van der Waals surface area contributed by atoms with Crippen LogP contribution in [-0.4, -0.2) is 21.3 Å². The molecule has 0 spiro atoms. The Kier molecular flexibility index (Phi) is 5.34. The highest BCUT2D eigenvalue weighted by atomic mass is 16.4. The van der Waals surface area contributed by atoms with Crippen LogP contribution in [0.25, 0.3) is 28.1 Å². The number of H-pyrrole nitrogens is 1. The first-order valence-electron chi connectivity index (χ1n) is 10.8. The smallest absolute Gasteiger partial charge is 0.328 e. The van der Waals surface area contributed by atoms with Crippen molar-refractivity contribution >= 4 is 34.1 Å². The lowest BCUT2D eigenvalue weighted by atomic mass is 9.84. The number of aromatic amines is 1. The number of aliphatic carboxylic acids is 1. The average Bonchev–Trinajstić information content (AvgIpc) is 3.56. The molecule has 5 nitrogen and oxygen atoms in total. The first-order chi connectivity index (χ1) is 16.2. The molecule has 0 aliphatic heterocycles. The number of carboxylic acid groups (broad SMARTS) is 1. The SMILES string of the molecule is N#Cc1c(/C(=C(/c2ccccc2)C2CC2)c2ccc(/C=C/C(=O)O)cc2)ccc2[nH]ncc12. The molecule has 3 aromatic carbocycles. The minimum Gasteiger partial charge on any atom is -0.478 e. The minimum atomic E-state index is -0.980. The van der Waals surface area contributed by atoms with Gasteiger partial charge in [0.15, 0.2) is 0 Å². The molecular weight excluding hydrogens is 410 g/mol. The molecular formula is C28H21N3O2. The number of fused-ring (bicyclic) bond motifs is 1. The molecule has 1 aliphatic rings. The van der Waals surface area contributed by atoms with Gasteiger partial charge in [-0.3, -0.25) is 5.10 Å². The van der Waals surface area contributed by atoms with Gasteiger partial charge in [0, 0.05) is 17.0 Å². The van der Waals surface area contributed by atoms with Crippen LogP contribution < -0.4 is 0 Å².